The van der Waals surface area contributed by atoms with Crippen molar-refractivity contribution in [3.8, 4) is 0 Å². The molecule has 0 aromatic heterocycles. The summed E-state index contributed by atoms with van der Waals surface area (Å²) in [6.07, 6.45) is 6.02. The molecule has 0 radical (unpaired) electrons. The molecule has 1 aliphatic heterocycles. The lowest BCUT2D eigenvalue weighted by molar-refractivity contribution is -0.141. The minimum absolute atomic E-state index is 0.0682. The number of nitrogens with two attached hydrogens (primary N) is 1. The standard InChI is InChI=1S/C24H33N3O3/c1-4-10-27-16-19(24(29)26(3)11-7-12-30-17(2)28)13-22-21-9-6-5-8-20(21)18(15-25)14-23(22)27/h4-6,8-9,15,19,22-23H,1,7,10-14,16,25H2,2-3H3/b18-15-/t19?,22?,23-/m1/s1. The van der Waals surface area contributed by atoms with Crippen molar-refractivity contribution in [3.05, 3.63) is 54.2 Å². The minimum atomic E-state index is -0.288. The highest BCUT2D eigenvalue weighted by molar-refractivity contribution is 5.79. The lowest BCUT2D eigenvalue weighted by Crippen LogP contribution is -2.52. The molecule has 3 atom stereocenters. The molecule has 2 aliphatic rings. The molecule has 1 fully saturated rings. The lowest BCUT2D eigenvalue weighted by Gasteiger charge is -2.48. The first-order valence-electron chi connectivity index (χ1n) is 10.7. The van der Waals surface area contributed by atoms with Gasteiger partial charge < -0.3 is 15.4 Å². The maximum Gasteiger partial charge on any atom is 0.302 e. The van der Waals surface area contributed by atoms with Gasteiger partial charge in [-0.15, -0.1) is 6.58 Å². The van der Waals surface area contributed by atoms with Crippen LogP contribution in [0.15, 0.2) is 43.1 Å². The predicted octanol–water partition coefficient (Wildman–Crippen LogP) is 2.76. The van der Waals surface area contributed by atoms with E-state index in [1.165, 1.54) is 23.6 Å². The van der Waals surface area contributed by atoms with Crippen molar-refractivity contribution in [2.45, 2.75) is 38.1 Å². The number of fused-ring (bicyclic) bond motifs is 3. The predicted molar refractivity (Wildman–Crippen MR) is 119 cm³/mol. The molecule has 2 unspecified atom stereocenters. The van der Waals surface area contributed by atoms with Crippen LogP contribution in [0.3, 0.4) is 0 Å². The van der Waals surface area contributed by atoms with Crippen LogP contribution in [-0.2, 0) is 14.3 Å². The van der Waals surface area contributed by atoms with Gasteiger partial charge in [0.1, 0.15) is 0 Å². The van der Waals surface area contributed by atoms with Crippen molar-refractivity contribution in [1.29, 1.82) is 0 Å². The maximum absolute atomic E-state index is 13.2. The molecule has 1 aromatic rings. The first-order chi connectivity index (χ1) is 14.5. The van der Waals surface area contributed by atoms with Gasteiger partial charge in [-0.1, -0.05) is 30.3 Å². The third-order valence-corrected chi connectivity index (χ3v) is 6.30. The Morgan fingerprint density at radius 1 is 1.37 bits per heavy atom. The fourth-order valence-electron chi connectivity index (χ4n) is 4.92. The zero-order valence-corrected chi connectivity index (χ0v) is 18.0. The van der Waals surface area contributed by atoms with Crippen molar-refractivity contribution in [2.24, 2.45) is 11.7 Å². The number of ether oxygens (including phenoxy) is 1. The first kappa shape index (κ1) is 22.1. The van der Waals surface area contributed by atoms with Crippen molar-refractivity contribution in [2.75, 3.05) is 33.3 Å². The molecule has 0 saturated carbocycles. The van der Waals surface area contributed by atoms with E-state index in [1.54, 1.807) is 11.1 Å². The van der Waals surface area contributed by atoms with Gasteiger partial charge in [0.05, 0.1) is 12.5 Å². The fraction of sp³-hybridized carbons (Fsp3) is 0.500. The van der Waals surface area contributed by atoms with Crippen LogP contribution in [0.4, 0.5) is 0 Å². The summed E-state index contributed by atoms with van der Waals surface area (Å²) >= 11 is 0. The van der Waals surface area contributed by atoms with Crippen LogP contribution in [0.5, 0.6) is 0 Å². The van der Waals surface area contributed by atoms with Gasteiger partial charge in [-0.05, 0) is 42.2 Å². The summed E-state index contributed by atoms with van der Waals surface area (Å²) in [7, 11) is 1.84. The number of benzene rings is 1. The van der Waals surface area contributed by atoms with Crippen LogP contribution >= 0.6 is 0 Å². The summed E-state index contributed by atoms with van der Waals surface area (Å²) in [4.78, 5) is 28.3. The second kappa shape index (κ2) is 9.94. The van der Waals surface area contributed by atoms with Crippen LogP contribution in [0.1, 0.15) is 43.2 Å². The molecule has 1 aliphatic carbocycles. The Morgan fingerprint density at radius 2 is 2.13 bits per heavy atom. The monoisotopic (exact) mass is 411 g/mol. The number of esters is 1. The fourth-order valence-corrected chi connectivity index (χ4v) is 4.92. The first-order valence-corrected chi connectivity index (χ1v) is 10.7. The van der Waals surface area contributed by atoms with E-state index < -0.39 is 0 Å². The molecule has 162 valence electrons. The van der Waals surface area contributed by atoms with Crippen molar-refractivity contribution < 1.29 is 14.3 Å². The van der Waals surface area contributed by atoms with Gasteiger partial charge in [0.2, 0.25) is 5.91 Å². The molecule has 0 spiro atoms. The van der Waals surface area contributed by atoms with E-state index in [2.05, 4.69) is 29.7 Å². The van der Waals surface area contributed by atoms with Gasteiger partial charge in [-0.2, -0.15) is 0 Å². The lowest BCUT2D eigenvalue weighted by atomic mass is 9.70. The number of rotatable bonds is 7. The molecule has 3 rings (SSSR count). The third-order valence-electron chi connectivity index (χ3n) is 6.30. The summed E-state index contributed by atoms with van der Waals surface area (Å²) in [6.45, 7) is 7.72. The Labute approximate surface area is 179 Å². The van der Waals surface area contributed by atoms with Crippen LogP contribution in [0.2, 0.25) is 0 Å². The molecule has 6 nitrogen and oxygen atoms in total. The van der Waals surface area contributed by atoms with Crippen LogP contribution in [-0.4, -0.2) is 61.0 Å². The molecule has 2 N–H and O–H groups in total. The zero-order valence-electron chi connectivity index (χ0n) is 18.0. The highest BCUT2D eigenvalue weighted by Crippen LogP contribution is 2.46. The number of carbonyl (C=O) groups excluding carboxylic acids is 2. The SMILES string of the molecule is C=CCN1CC(C(=O)N(C)CCCOC(C)=O)CC2c3ccccc3/C(=C\N)C[C@H]21. The quantitative estimate of drug-likeness (QED) is 0.424. The van der Waals surface area contributed by atoms with E-state index >= 15 is 0 Å². The number of amides is 1. The molecular formula is C24H33N3O3. The second-order valence-electron chi connectivity index (χ2n) is 8.29. The Morgan fingerprint density at radius 3 is 2.83 bits per heavy atom. The van der Waals surface area contributed by atoms with E-state index in [-0.39, 0.29) is 17.8 Å². The van der Waals surface area contributed by atoms with Crippen LogP contribution in [0.25, 0.3) is 5.57 Å². The minimum Gasteiger partial charge on any atom is -0.466 e. The number of hydrogen-bond donors (Lipinski definition) is 1. The molecule has 1 saturated heterocycles. The smallest absolute Gasteiger partial charge is 0.302 e. The Hall–Kier alpha value is -2.60. The van der Waals surface area contributed by atoms with Crippen molar-refractivity contribution in [3.63, 3.8) is 0 Å². The van der Waals surface area contributed by atoms with Gasteiger partial charge in [0.15, 0.2) is 0 Å². The normalized spacial score (nSPS) is 24.6. The van der Waals surface area contributed by atoms with E-state index in [0.29, 0.717) is 31.5 Å². The number of hydrogen-bond acceptors (Lipinski definition) is 5. The number of carbonyl (C=O) groups is 2. The largest absolute Gasteiger partial charge is 0.466 e. The highest BCUT2D eigenvalue weighted by Gasteiger charge is 2.43. The molecule has 1 heterocycles. The third kappa shape index (κ3) is 4.75. The molecular weight excluding hydrogens is 378 g/mol. The average Bonchev–Trinajstić information content (AvgIpc) is 2.75. The van der Waals surface area contributed by atoms with Gasteiger partial charge >= 0.3 is 5.97 Å². The summed E-state index contributed by atoms with van der Waals surface area (Å²) in [6, 6.07) is 8.75. The van der Waals surface area contributed by atoms with Gasteiger partial charge in [0, 0.05) is 45.6 Å². The van der Waals surface area contributed by atoms with E-state index in [4.69, 9.17) is 10.5 Å². The van der Waals surface area contributed by atoms with Crippen LogP contribution < -0.4 is 5.73 Å². The van der Waals surface area contributed by atoms with Crippen LogP contribution in [0, 0.1) is 5.92 Å². The summed E-state index contributed by atoms with van der Waals surface area (Å²) < 4.78 is 4.99. The van der Waals surface area contributed by atoms with Crippen molar-refractivity contribution >= 4 is 17.4 Å². The van der Waals surface area contributed by atoms with E-state index in [9.17, 15) is 9.59 Å². The molecule has 30 heavy (non-hydrogen) atoms. The Balaban J connectivity index is 1.77. The summed E-state index contributed by atoms with van der Waals surface area (Å²) in [5, 5.41) is 0. The molecule has 1 amide bonds. The average molecular weight is 412 g/mol. The molecule has 6 heteroatoms. The zero-order chi connectivity index (χ0) is 21.7. The maximum atomic E-state index is 13.2. The summed E-state index contributed by atoms with van der Waals surface area (Å²) in [5.41, 5.74) is 9.63. The topological polar surface area (TPSA) is 75.9 Å². The molecule has 0 bridgehead atoms. The Kier molecular flexibility index (Phi) is 7.32. The molecule has 1 aromatic carbocycles. The van der Waals surface area contributed by atoms with Crippen molar-refractivity contribution in [1.82, 2.24) is 9.80 Å². The number of nitrogens with zero attached hydrogens (tertiary/aromatic N) is 2. The van der Waals surface area contributed by atoms with Gasteiger partial charge in [-0.3, -0.25) is 14.5 Å². The van der Waals surface area contributed by atoms with E-state index in [0.717, 1.165) is 25.9 Å². The summed E-state index contributed by atoms with van der Waals surface area (Å²) in [5.74, 6) is 0.0931. The van der Waals surface area contributed by atoms with Gasteiger partial charge in [0.25, 0.3) is 0 Å². The number of likely N-dealkylation sites (tertiary alicyclic amines) is 1. The second-order valence-corrected chi connectivity index (χ2v) is 8.29. The number of piperidine rings is 1. The van der Waals surface area contributed by atoms with E-state index in [1.807, 2.05) is 19.2 Å². The highest BCUT2D eigenvalue weighted by atomic mass is 16.5. The van der Waals surface area contributed by atoms with Gasteiger partial charge in [-0.25, -0.2) is 0 Å². The Bertz CT molecular complexity index is 820.